The van der Waals surface area contributed by atoms with E-state index in [1.165, 1.54) is 12.1 Å². The molecule has 3 nitrogen and oxygen atoms in total. The van der Waals surface area contributed by atoms with Gasteiger partial charge in [0.2, 0.25) is 0 Å². The lowest BCUT2D eigenvalue weighted by Gasteiger charge is -2.21. The number of halogens is 1. The number of hydrogen-bond donors (Lipinski definition) is 1. The van der Waals surface area contributed by atoms with Gasteiger partial charge in [0, 0.05) is 30.6 Å². The van der Waals surface area contributed by atoms with Crippen molar-refractivity contribution in [2.45, 2.75) is 13.8 Å². The van der Waals surface area contributed by atoms with Crippen molar-refractivity contribution in [3.05, 3.63) is 53.8 Å². The van der Waals surface area contributed by atoms with Crippen LogP contribution in [0.25, 0.3) is 0 Å². The lowest BCUT2D eigenvalue weighted by atomic mass is 10.1. The first kappa shape index (κ1) is 15.0. The molecule has 0 bridgehead atoms. The largest absolute Gasteiger partial charge is 0.507 e. The maximum absolute atomic E-state index is 12.8. The van der Waals surface area contributed by atoms with E-state index < -0.39 is 0 Å². The molecule has 21 heavy (non-hydrogen) atoms. The number of benzene rings is 2. The molecule has 0 aliphatic rings. The van der Waals surface area contributed by atoms with Crippen LogP contribution in [0, 0.1) is 5.82 Å². The maximum atomic E-state index is 12.8. The minimum atomic E-state index is -0.291. The molecule has 0 spiro atoms. The first-order valence-corrected chi connectivity index (χ1v) is 7.01. The van der Waals surface area contributed by atoms with Gasteiger partial charge in [-0.25, -0.2) is 4.39 Å². The first-order chi connectivity index (χ1) is 10.1. The second-order valence-electron chi connectivity index (χ2n) is 4.65. The van der Waals surface area contributed by atoms with Crippen LogP contribution < -0.4 is 4.90 Å². The monoisotopic (exact) mass is 286 g/mol. The van der Waals surface area contributed by atoms with E-state index in [2.05, 4.69) is 23.7 Å². The molecule has 0 aliphatic carbocycles. The van der Waals surface area contributed by atoms with Crippen molar-refractivity contribution in [3.63, 3.8) is 0 Å². The zero-order valence-corrected chi connectivity index (χ0v) is 12.3. The van der Waals surface area contributed by atoms with Crippen LogP contribution in [-0.4, -0.2) is 24.4 Å². The van der Waals surface area contributed by atoms with Crippen LogP contribution in [0.5, 0.6) is 5.75 Å². The second-order valence-corrected chi connectivity index (χ2v) is 4.65. The molecule has 0 fully saturated rings. The van der Waals surface area contributed by atoms with Crippen LogP contribution >= 0.6 is 0 Å². The number of aromatic hydroxyl groups is 1. The van der Waals surface area contributed by atoms with E-state index in [9.17, 15) is 9.50 Å². The molecule has 4 heteroatoms. The number of hydrogen-bond acceptors (Lipinski definition) is 3. The summed E-state index contributed by atoms with van der Waals surface area (Å²) >= 11 is 0. The van der Waals surface area contributed by atoms with Crippen molar-refractivity contribution in [2.75, 3.05) is 18.0 Å². The average Bonchev–Trinajstić information content (AvgIpc) is 2.50. The third-order valence-electron chi connectivity index (χ3n) is 3.32. The Morgan fingerprint density at radius 1 is 1.10 bits per heavy atom. The Labute approximate surface area is 124 Å². The molecular weight excluding hydrogens is 267 g/mol. The van der Waals surface area contributed by atoms with E-state index in [0.29, 0.717) is 11.3 Å². The van der Waals surface area contributed by atoms with E-state index in [4.69, 9.17) is 0 Å². The Morgan fingerprint density at radius 2 is 1.76 bits per heavy atom. The molecule has 0 saturated heterocycles. The Hall–Kier alpha value is -2.36. The summed E-state index contributed by atoms with van der Waals surface area (Å²) in [6.45, 7) is 5.97. The Balaban J connectivity index is 2.26. The normalized spacial score (nSPS) is 11.0. The van der Waals surface area contributed by atoms with E-state index in [1.54, 1.807) is 24.4 Å². The molecule has 0 radical (unpaired) electrons. The third-order valence-corrected chi connectivity index (χ3v) is 3.32. The van der Waals surface area contributed by atoms with Crippen molar-refractivity contribution in [1.29, 1.82) is 0 Å². The number of phenolic OH excluding ortho intramolecular Hbond substituents is 1. The van der Waals surface area contributed by atoms with E-state index in [0.717, 1.165) is 18.8 Å². The number of aliphatic imine (C=N–C) groups is 1. The summed E-state index contributed by atoms with van der Waals surface area (Å²) < 4.78 is 12.8. The van der Waals surface area contributed by atoms with Gasteiger partial charge < -0.3 is 10.0 Å². The highest BCUT2D eigenvalue weighted by Crippen LogP contribution is 2.23. The Morgan fingerprint density at radius 3 is 2.38 bits per heavy atom. The summed E-state index contributed by atoms with van der Waals surface area (Å²) in [7, 11) is 0. The van der Waals surface area contributed by atoms with Crippen molar-refractivity contribution in [2.24, 2.45) is 4.99 Å². The predicted molar refractivity (Wildman–Crippen MR) is 85.3 cm³/mol. The van der Waals surface area contributed by atoms with E-state index in [-0.39, 0.29) is 11.6 Å². The Kier molecular flexibility index (Phi) is 4.93. The second kappa shape index (κ2) is 6.88. The highest BCUT2D eigenvalue weighted by atomic mass is 19.1. The summed E-state index contributed by atoms with van der Waals surface area (Å²) in [5, 5.41) is 9.91. The fourth-order valence-electron chi connectivity index (χ4n) is 2.10. The van der Waals surface area contributed by atoms with Crippen LogP contribution in [0.3, 0.4) is 0 Å². The minimum Gasteiger partial charge on any atom is -0.507 e. The maximum Gasteiger partial charge on any atom is 0.124 e. The summed E-state index contributed by atoms with van der Waals surface area (Å²) in [6, 6.07) is 11.4. The molecule has 0 aromatic heterocycles. The van der Waals surface area contributed by atoms with Crippen molar-refractivity contribution < 1.29 is 9.50 Å². The van der Waals surface area contributed by atoms with Crippen LogP contribution in [0.15, 0.2) is 47.5 Å². The molecule has 1 N–H and O–H groups in total. The SMILES string of the molecule is CCN(CC)c1ccc(O)c(C=Nc2ccc(F)cc2)c1. The topological polar surface area (TPSA) is 35.8 Å². The van der Waals surface area contributed by atoms with Gasteiger partial charge in [-0.2, -0.15) is 0 Å². The van der Waals surface area contributed by atoms with Gasteiger partial charge in [-0.05, 0) is 56.3 Å². The fraction of sp³-hybridized carbons (Fsp3) is 0.235. The standard InChI is InChI=1S/C17H19FN2O/c1-3-20(4-2)16-9-10-17(21)13(11-16)12-19-15-7-5-14(18)6-8-15/h5-12,21H,3-4H2,1-2H3. The minimum absolute atomic E-state index is 0.178. The van der Waals surface area contributed by atoms with Gasteiger partial charge in [-0.15, -0.1) is 0 Å². The highest BCUT2D eigenvalue weighted by molar-refractivity contribution is 5.87. The van der Waals surface area contributed by atoms with Crippen molar-refractivity contribution in [3.8, 4) is 5.75 Å². The van der Waals surface area contributed by atoms with Crippen LogP contribution in [0.2, 0.25) is 0 Å². The van der Waals surface area contributed by atoms with E-state index in [1.807, 2.05) is 12.1 Å². The van der Waals surface area contributed by atoms with Gasteiger partial charge >= 0.3 is 0 Å². The first-order valence-electron chi connectivity index (χ1n) is 7.01. The van der Waals surface area contributed by atoms with Crippen LogP contribution in [0.4, 0.5) is 15.8 Å². The number of anilines is 1. The zero-order valence-electron chi connectivity index (χ0n) is 12.3. The molecule has 0 unspecified atom stereocenters. The Bertz CT molecular complexity index is 619. The summed E-state index contributed by atoms with van der Waals surface area (Å²) in [4.78, 5) is 6.45. The van der Waals surface area contributed by atoms with Gasteiger partial charge in [0.05, 0.1) is 5.69 Å². The predicted octanol–water partition coefficient (Wildman–Crippen LogP) is 4.13. The molecule has 0 heterocycles. The molecule has 110 valence electrons. The van der Waals surface area contributed by atoms with Crippen LogP contribution in [0.1, 0.15) is 19.4 Å². The lowest BCUT2D eigenvalue weighted by molar-refractivity contribution is 0.474. The average molecular weight is 286 g/mol. The van der Waals surface area contributed by atoms with Gasteiger partial charge in [0.25, 0.3) is 0 Å². The van der Waals surface area contributed by atoms with Crippen molar-refractivity contribution >= 4 is 17.6 Å². The molecule has 2 aromatic carbocycles. The molecule has 0 amide bonds. The van der Waals surface area contributed by atoms with Gasteiger partial charge in [0.1, 0.15) is 11.6 Å². The zero-order chi connectivity index (χ0) is 15.2. The molecule has 0 atom stereocenters. The van der Waals surface area contributed by atoms with E-state index >= 15 is 0 Å². The fourth-order valence-corrected chi connectivity index (χ4v) is 2.10. The van der Waals surface area contributed by atoms with Gasteiger partial charge in [-0.1, -0.05) is 0 Å². The highest BCUT2D eigenvalue weighted by Gasteiger charge is 2.05. The number of nitrogens with zero attached hydrogens (tertiary/aromatic N) is 2. The van der Waals surface area contributed by atoms with Gasteiger partial charge in [0.15, 0.2) is 0 Å². The van der Waals surface area contributed by atoms with Gasteiger partial charge in [-0.3, -0.25) is 4.99 Å². The number of phenols is 1. The summed E-state index contributed by atoms with van der Waals surface area (Å²) in [5.41, 5.74) is 2.33. The summed E-state index contributed by atoms with van der Waals surface area (Å²) in [6.07, 6.45) is 1.59. The lowest BCUT2D eigenvalue weighted by Crippen LogP contribution is -2.21. The van der Waals surface area contributed by atoms with Crippen molar-refractivity contribution in [1.82, 2.24) is 0 Å². The number of rotatable bonds is 5. The third kappa shape index (κ3) is 3.81. The molecular formula is C17H19FN2O. The summed E-state index contributed by atoms with van der Waals surface area (Å²) in [5.74, 6) is -0.114. The molecule has 2 aromatic rings. The molecule has 0 aliphatic heterocycles. The molecule has 0 saturated carbocycles. The quantitative estimate of drug-likeness (QED) is 0.839. The van der Waals surface area contributed by atoms with Crippen LogP contribution in [-0.2, 0) is 0 Å². The smallest absolute Gasteiger partial charge is 0.124 e. The molecule has 2 rings (SSSR count).